The Morgan fingerprint density at radius 2 is 1.14 bits per heavy atom. The Hall–Kier alpha value is -1.08. The minimum Gasteiger partial charge on any atom is -0.462 e. The van der Waals surface area contributed by atoms with Gasteiger partial charge in [0.2, 0.25) is 11.8 Å². The molecular formula is C39H77BN2O5PSi. The summed E-state index contributed by atoms with van der Waals surface area (Å²) in [5.41, 5.74) is 0. The lowest BCUT2D eigenvalue weighted by molar-refractivity contribution is -0.151. The van der Waals surface area contributed by atoms with Gasteiger partial charge in [-0.05, 0) is 27.0 Å². The Balaban J connectivity index is 4.81. The predicted octanol–water partition coefficient (Wildman–Crippen LogP) is 10.3. The highest BCUT2D eigenvalue weighted by molar-refractivity contribution is 7.91. The first-order valence-electron chi connectivity index (χ1n) is 21.6. The van der Waals surface area contributed by atoms with E-state index in [9.17, 15) is 18.8 Å². The molecule has 0 spiro atoms. The minimum atomic E-state index is -2.43. The predicted molar refractivity (Wildman–Crippen MR) is 212 cm³/mol. The van der Waals surface area contributed by atoms with Crippen molar-refractivity contribution in [3.05, 3.63) is 0 Å². The first kappa shape index (κ1) is 44.1. The minimum absolute atomic E-state index is 0.0531. The number of esters is 1. The van der Waals surface area contributed by atoms with E-state index < -0.39 is 28.4 Å². The van der Waals surface area contributed by atoms with Gasteiger partial charge in [0, 0.05) is 31.5 Å². The van der Waals surface area contributed by atoms with Gasteiger partial charge < -0.3 is 19.8 Å². The number of ether oxygens (including phenoxy) is 1. The largest absolute Gasteiger partial charge is 0.462 e. The number of rotatable bonds is 38. The Morgan fingerprint density at radius 1 is 0.694 bits per heavy atom. The van der Waals surface area contributed by atoms with E-state index in [1.54, 1.807) is 0 Å². The number of carbonyl (C=O) groups excluding carboxylic acids is 3. The molecule has 0 saturated carbocycles. The van der Waals surface area contributed by atoms with Crippen molar-refractivity contribution in [3.63, 3.8) is 0 Å². The maximum atomic E-state index is 13.1. The monoisotopic (exact) mass is 727 g/mol. The van der Waals surface area contributed by atoms with E-state index in [0.717, 1.165) is 78.2 Å². The molecular weight excluding hydrogens is 646 g/mol. The zero-order chi connectivity index (χ0) is 37.8. The molecule has 0 heterocycles. The number of carbonyl (C=O) groups is 3. The van der Waals surface area contributed by atoms with Crippen molar-refractivity contribution in [3.8, 4) is 0 Å². The average Bonchev–Trinajstić information content (AvgIpc) is 3.11. The molecule has 0 saturated heterocycles. The Bertz CT molecular complexity index is 879. The quantitative estimate of drug-likeness (QED) is 0.0285. The standard InChI is InChI=1S/C39H77BN2O5PSi/c1-4-7-10-13-15-17-18-20-21-24-27-30-37(43)42-35(34-49(46)48-40)33-41-38(44)32-36(29-26-23-12-9-6-3)47-39(45)31-28-25-22-19-16-14-11-8-5-2/h35-36,40,48H,4-34H2,1-3H3,(H,41,44)(H,42,43)/t35-,36-,48?/m1/s1/i40T,48D. The molecule has 2 amide bonds. The molecule has 7 nitrogen and oxygen atoms in total. The van der Waals surface area contributed by atoms with Crippen LogP contribution < -0.4 is 10.6 Å². The van der Waals surface area contributed by atoms with Gasteiger partial charge in [-0.1, -0.05) is 162 Å². The second-order valence-corrected chi connectivity index (χ2v) is 17.9. The van der Waals surface area contributed by atoms with E-state index in [1.807, 2.05) is 0 Å². The molecule has 0 aromatic rings. The lowest BCUT2D eigenvalue weighted by atomic mass is 10.0. The van der Waals surface area contributed by atoms with Gasteiger partial charge in [-0.3, -0.25) is 14.4 Å². The van der Waals surface area contributed by atoms with E-state index in [0.29, 0.717) is 19.3 Å². The van der Waals surface area contributed by atoms with Crippen molar-refractivity contribution < 1.29 is 23.6 Å². The summed E-state index contributed by atoms with van der Waals surface area (Å²) in [7, 11) is -3.29. The van der Waals surface area contributed by atoms with Crippen LogP contribution in [0.4, 0.5) is 0 Å². The first-order valence-corrected chi connectivity index (χ1v) is 24.0. The average molecular weight is 727 g/mol. The van der Waals surface area contributed by atoms with E-state index in [4.69, 9.17) is 7.35 Å². The molecule has 0 aliphatic carbocycles. The summed E-state index contributed by atoms with van der Waals surface area (Å²) in [6.45, 7) is 6.73. The molecule has 3 atom stereocenters. The van der Waals surface area contributed by atoms with E-state index in [1.165, 1.54) is 89.9 Å². The Kier molecular flexibility index (Phi) is 33.0. The van der Waals surface area contributed by atoms with Gasteiger partial charge in [0.25, 0.3) is 8.35 Å². The molecule has 10 heteroatoms. The molecule has 0 fully saturated rings. The topological polar surface area (TPSA) is 102 Å². The number of unbranched alkanes of at least 4 members (excludes halogenated alkanes) is 22. The van der Waals surface area contributed by atoms with Gasteiger partial charge >= 0.3 is 5.97 Å². The summed E-state index contributed by atoms with van der Waals surface area (Å²) in [6.07, 6.45) is 30.1. The van der Waals surface area contributed by atoms with Gasteiger partial charge in [0.05, 0.1) is 7.70 Å². The number of nitrogens with one attached hydrogen (secondary N) is 2. The molecule has 0 aromatic carbocycles. The summed E-state index contributed by atoms with van der Waals surface area (Å²) in [4.78, 5) is 38.6. The SMILES string of the molecule is [2H]P([B][3H])[Si](=O)C[C@@H](CNC(=O)C[C@@H](CCCCCCC)OC(=O)CCCCCCCCCCC)NC(=O)CCCCCCCCCCCCC. The van der Waals surface area contributed by atoms with Gasteiger partial charge in [-0.25, -0.2) is 0 Å². The molecule has 0 rings (SSSR count). The van der Waals surface area contributed by atoms with E-state index in [2.05, 4.69) is 31.4 Å². The summed E-state index contributed by atoms with van der Waals surface area (Å²) >= 11 is 0. The normalized spacial score (nSPS) is 13.5. The van der Waals surface area contributed by atoms with Crippen LogP contribution in [0.3, 0.4) is 0 Å². The third kappa shape index (κ3) is 33.8. The number of hydrogen-bond acceptors (Lipinski definition) is 5. The third-order valence-electron chi connectivity index (χ3n) is 9.31. The zero-order valence-electron chi connectivity index (χ0n) is 34.1. The lowest BCUT2D eigenvalue weighted by Crippen LogP contribution is -2.45. The van der Waals surface area contributed by atoms with Crippen LogP contribution in [0, 0.1) is 0 Å². The lowest BCUT2D eigenvalue weighted by Gasteiger charge is -2.21. The third-order valence-corrected chi connectivity index (χ3v) is 11.9. The maximum Gasteiger partial charge on any atom is 0.306 e. The summed E-state index contributed by atoms with van der Waals surface area (Å²) in [5.74, 6) is -0.653. The van der Waals surface area contributed by atoms with Crippen molar-refractivity contribution in [2.45, 2.75) is 225 Å². The fourth-order valence-electron chi connectivity index (χ4n) is 6.21. The van der Waals surface area contributed by atoms with Crippen molar-refractivity contribution >= 4 is 41.6 Å². The highest BCUT2D eigenvalue weighted by atomic mass is 31.3. The van der Waals surface area contributed by atoms with Gasteiger partial charge in [-0.2, -0.15) is 0 Å². The van der Waals surface area contributed by atoms with Crippen LogP contribution in [0.5, 0.6) is 0 Å². The molecule has 0 aliphatic heterocycles. The van der Waals surface area contributed by atoms with Crippen LogP contribution in [-0.4, -0.2) is 55.0 Å². The molecule has 49 heavy (non-hydrogen) atoms. The van der Waals surface area contributed by atoms with Crippen molar-refractivity contribution in [2.24, 2.45) is 0 Å². The zero-order valence-corrected chi connectivity index (χ0v) is 34.0. The van der Waals surface area contributed by atoms with Gasteiger partial charge in [-0.15, -0.1) is 7.95 Å². The number of hydrogen-bond donors (Lipinski definition) is 2. The van der Waals surface area contributed by atoms with Crippen molar-refractivity contribution in [1.82, 2.24) is 10.6 Å². The van der Waals surface area contributed by atoms with Gasteiger partial charge in [0.15, 0.2) is 0 Å². The van der Waals surface area contributed by atoms with Crippen LogP contribution in [0.15, 0.2) is 0 Å². The summed E-state index contributed by atoms with van der Waals surface area (Å²) in [5, 5.41) is 5.83. The summed E-state index contributed by atoms with van der Waals surface area (Å²) < 4.78 is 33.9. The Labute approximate surface area is 309 Å². The Morgan fingerprint density at radius 3 is 1.63 bits per heavy atom. The molecule has 1 unspecified atom stereocenters. The maximum absolute atomic E-state index is 13.1. The van der Waals surface area contributed by atoms with Crippen molar-refractivity contribution in [2.75, 3.05) is 6.54 Å². The number of amides is 2. The summed E-state index contributed by atoms with van der Waals surface area (Å²) in [6, 6.07) is -0.494. The van der Waals surface area contributed by atoms with E-state index in [-0.39, 0.29) is 36.8 Å². The molecule has 285 valence electrons. The first-order chi connectivity index (χ1) is 24.8. The highest BCUT2D eigenvalue weighted by Gasteiger charge is 2.21. The fourth-order valence-corrected chi connectivity index (χ4v) is 7.96. The fraction of sp³-hybridized carbons (Fsp3) is 0.923. The molecule has 0 aromatic heterocycles. The highest BCUT2D eigenvalue weighted by Crippen LogP contribution is 2.16. The van der Waals surface area contributed by atoms with Crippen LogP contribution in [0.1, 0.15) is 207 Å². The van der Waals surface area contributed by atoms with Crippen LogP contribution in [0.2, 0.25) is 6.04 Å². The molecule has 0 aliphatic rings. The van der Waals surface area contributed by atoms with Crippen LogP contribution in [-0.2, 0) is 23.6 Å². The smallest absolute Gasteiger partial charge is 0.306 e. The van der Waals surface area contributed by atoms with Gasteiger partial charge in [0.1, 0.15) is 13.6 Å². The van der Waals surface area contributed by atoms with E-state index >= 15 is 0 Å². The second-order valence-electron chi connectivity index (χ2n) is 14.2. The van der Waals surface area contributed by atoms with Crippen LogP contribution in [0.25, 0.3) is 0 Å². The van der Waals surface area contributed by atoms with Crippen molar-refractivity contribution in [1.29, 1.82) is 2.61 Å². The molecule has 2 N–H and O–H groups in total. The van der Waals surface area contributed by atoms with Crippen LogP contribution >= 0.6 is 7.95 Å². The molecule has 0 bridgehead atoms. The molecule has 1 radical (unpaired) electrons. The second kappa shape index (κ2) is 36.7.